The third-order valence-corrected chi connectivity index (χ3v) is 3.18. The number of nitrogens with two attached hydrogens (primary N) is 1. The summed E-state index contributed by atoms with van der Waals surface area (Å²) in [7, 11) is 0. The molecule has 0 unspecified atom stereocenters. The lowest BCUT2D eigenvalue weighted by molar-refractivity contribution is 0.101. The topological polar surface area (TPSA) is 52.3 Å². The van der Waals surface area contributed by atoms with Gasteiger partial charge in [-0.3, -0.25) is 4.79 Å². The number of rotatable bonds is 3. The van der Waals surface area contributed by atoms with Crippen molar-refractivity contribution >= 4 is 27.4 Å². The number of benzene rings is 2. The van der Waals surface area contributed by atoms with E-state index in [4.69, 9.17) is 10.5 Å². The van der Waals surface area contributed by atoms with Crippen molar-refractivity contribution in [3.63, 3.8) is 0 Å². The normalized spacial score (nSPS) is 10.3. The van der Waals surface area contributed by atoms with Gasteiger partial charge in [-0.25, -0.2) is 4.39 Å². The van der Waals surface area contributed by atoms with Gasteiger partial charge in [0.2, 0.25) is 0 Å². The van der Waals surface area contributed by atoms with E-state index >= 15 is 0 Å². The smallest absolute Gasteiger partial charge is 0.161 e. The van der Waals surface area contributed by atoms with Gasteiger partial charge in [0.1, 0.15) is 17.3 Å². The van der Waals surface area contributed by atoms with E-state index in [1.54, 1.807) is 18.2 Å². The van der Waals surface area contributed by atoms with E-state index in [0.717, 1.165) is 0 Å². The minimum atomic E-state index is -0.397. The summed E-state index contributed by atoms with van der Waals surface area (Å²) in [5, 5.41) is 0. The molecule has 0 atom stereocenters. The molecule has 98 valence electrons. The summed E-state index contributed by atoms with van der Waals surface area (Å²) in [4.78, 5) is 11.3. The second-order valence-corrected chi connectivity index (χ2v) is 4.84. The van der Waals surface area contributed by atoms with Gasteiger partial charge in [-0.05, 0) is 47.1 Å². The molecule has 0 fully saturated rings. The SMILES string of the molecule is CC(=O)c1ccc(Oc2cc(F)ccc2Br)cc1N. The fourth-order valence-corrected chi connectivity index (χ4v) is 1.93. The second-order valence-electron chi connectivity index (χ2n) is 3.98. The maximum Gasteiger partial charge on any atom is 0.161 e. The lowest BCUT2D eigenvalue weighted by Crippen LogP contribution is -1.99. The predicted molar refractivity (Wildman–Crippen MR) is 75.0 cm³/mol. The van der Waals surface area contributed by atoms with E-state index in [2.05, 4.69) is 15.9 Å². The van der Waals surface area contributed by atoms with Gasteiger partial charge in [-0.15, -0.1) is 0 Å². The third kappa shape index (κ3) is 3.12. The minimum absolute atomic E-state index is 0.115. The van der Waals surface area contributed by atoms with Crippen molar-refractivity contribution in [2.45, 2.75) is 6.92 Å². The Morgan fingerprint density at radius 3 is 2.63 bits per heavy atom. The molecule has 0 aliphatic rings. The van der Waals surface area contributed by atoms with Crippen LogP contribution in [-0.2, 0) is 0 Å². The van der Waals surface area contributed by atoms with Crippen LogP contribution in [0.2, 0.25) is 0 Å². The molecule has 5 heteroatoms. The first-order valence-electron chi connectivity index (χ1n) is 5.51. The number of anilines is 1. The lowest BCUT2D eigenvalue weighted by atomic mass is 10.1. The van der Waals surface area contributed by atoms with E-state index in [1.165, 1.54) is 25.1 Å². The number of hydrogen-bond donors (Lipinski definition) is 1. The van der Waals surface area contributed by atoms with Gasteiger partial charge in [0, 0.05) is 23.4 Å². The highest BCUT2D eigenvalue weighted by atomic mass is 79.9. The third-order valence-electron chi connectivity index (χ3n) is 2.52. The molecule has 0 aliphatic carbocycles. The highest BCUT2D eigenvalue weighted by Crippen LogP contribution is 2.31. The molecular weight excluding hydrogens is 313 g/mol. The summed E-state index contributed by atoms with van der Waals surface area (Å²) < 4.78 is 19.3. The average Bonchev–Trinajstić information content (AvgIpc) is 2.33. The fourth-order valence-electron chi connectivity index (χ4n) is 1.61. The van der Waals surface area contributed by atoms with Crippen LogP contribution in [0.5, 0.6) is 11.5 Å². The van der Waals surface area contributed by atoms with E-state index in [1.807, 2.05) is 0 Å². The molecular formula is C14H11BrFNO2. The first kappa shape index (κ1) is 13.5. The number of carbonyl (C=O) groups is 1. The lowest BCUT2D eigenvalue weighted by Gasteiger charge is -2.09. The standard InChI is InChI=1S/C14H11BrFNO2/c1-8(18)11-4-3-10(7-13(11)17)19-14-6-9(16)2-5-12(14)15/h2-7H,17H2,1H3. The van der Waals surface area contributed by atoms with Gasteiger partial charge in [0.25, 0.3) is 0 Å². The molecule has 2 N–H and O–H groups in total. The summed E-state index contributed by atoms with van der Waals surface area (Å²) in [6.07, 6.45) is 0. The predicted octanol–water partition coefficient (Wildman–Crippen LogP) is 4.17. The molecule has 2 aromatic carbocycles. The van der Waals surface area contributed by atoms with Gasteiger partial charge in [-0.2, -0.15) is 0 Å². The molecule has 0 heterocycles. The van der Waals surface area contributed by atoms with Crippen molar-refractivity contribution in [1.82, 2.24) is 0 Å². The number of carbonyl (C=O) groups excluding carboxylic acids is 1. The molecule has 0 radical (unpaired) electrons. The summed E-state index contributed by atoms with van der Waals surface area (Å²) in [6.45, 7) is 1.44. The Hall–Kier alpha value is -1.88. The zero-order valence-corrected chi connectivity index (χ0v) is 11.7. The summed E-state index contributed by atoms with van der Waals surface area (Å²) >= 11 is 3.27. The van der Waals surface area contributed by atoms with Crippen LogP contribution in [0.25, 0.3) is 0 Å². The average molecular weight is 324 g/mol. The molecule has 0 aromatic heterocycles. The van der Waals surface area contributed by atoms with Gasteiger partial charge in [-0.1, -0.05) is 0 Å². The Labute approximate surface area is 118 Å². The molecule has 0 aliphatic heterocycles. The molecule has 0 amide bonds. The molecule has 2 rings (SSSR count). The largest absolute Gasteiger partial charge is 0.456 e. The molecule has 0 bridgehead atoms. The number of ether oxygens (including phenoxy) is 1. The van der Waals surface area contributed by atoms with E-state index in [-0.39, 0.29) is 5.78 Å². The highest BCUT2D eigenvalue weighted by molar-refractivity contribution is 9.10. The number of Topliss-reactive ketones (excluding diaryl/α,β-unsaturated/α-hetero) is 1. The quantitative estimate of drug-likeness (QED) is 0.681. The van der Waals surface area contributed by atoms with Crippen LogP contribution in [-0.4, -0.2) is 5.78 Å². The minimum Gasteiger partial charge on any atom is -0.456 e. The van der Waals surface area contributed by atoms with Gasteiger partial charge >= 0.3 is 0 Å². The van der Waals surface area contributed by atoms with Crippen molar-refractivity contribution in [2.75, 3.05) is 5.73 Å². The van der Waals surface area contributed by atoms with Gasteiger partial charge in [0.05, 0.1) is 4.47 Å². The Morgan fingerprint density at radius 1 is 1.26 bits per heavy atom. The highest BCUT2D eigenvalue weighted by Gasteiger charge is 2.08. The number of hydrogen-bond acceptors (Lipinski definition) is 3. The number of nitrogen functional groups attached to an aromatic ring is 1. The van der Waals surface area contributed by atoms with Crippen LogP contribution in [0, 0.1) is 5.82 Å². The van der Waals surface area contributed by atoms with Gasteiger partial charge < -0.3 is 10.5 Å². The molecule has 0 saturated carbocycles. The van der Waals surface area contributed by atoms with Gasteiger partial charge in [0.15, 0.2) is 5.78 Å². The van der Waals surface area contributed by atoms with Crippen molar-refractivity contribution in [1.29, 1.82) is 0 Å². The first-order valence-corrected chi connectivity index (χ1v) is 6.30. The Bertz CT molecular complexity index is 643. The van der Waals surface area contributed by atoms with Crippen LogP contribution >= 0.6 is 15.9 Å². The van der Waals surface area contributed by atoms with Crippen LogP contribution in [0.3, 0.4) is 0 Å². The Kier molecular flexibility index (Phi) is 3.85. The fraction of sp³-hybridized carbons (Fsp3) is 0.0714. The van der Waals surface area contributed by atoms with E-state index < -0.39 is 5.82 Å². The summed E-state index contributed by atoms with van der Waals surface area (Å²) in [5.74, 6) is 0.270. The molecule has 3 nitrogen and oxygen atoms in total. The molecule has 0 spiro atoms. The summed E-state index contributed by atoms with van der Waals surface area (Å²) in [6, 6.07) is 8.87. The van der Waals surface area contributed by atoms with E-state index in [0.29, 0.717) is 27.2 Å². The van der Waals surface area contributed by atoms with Crippen molar-refractivity contribution in [2.24, 2.45) is 0 Å². The first-order chi connectivity index (χ1) is 8.97. The zero-order chi connectivity index (χ0) is 14.0. The van der Waals surface area contributed by atoms with Crippen molar-refractivity contribution in [3.05, 3.63) is 52.3 Å². The van der Waals surface area contributed by atoms with Crippen molar-refractivity contribution in [3.8, 4) is 11.5 Å². The van der Waals surface area contributed by atoms with Crippen LogP contribution < -0.4 is 10.5 Å². The number of halogens is 2. The van der Waals surface area contributed by atoms with Crippen LogP contribution in [0.15, 0.2) is 40.9 Å². The molecule has 0 saturated heterocycles. The van der Waals surface area contributed by atoms with E-state index in [9.17, 15) is 9.18 Å². The van der Waals surface area contributed by atoms with Crippen LogP contribution in [0.1, 0.15) is 17.3 Å². The number of ketones is 1. The Morgan fingerprint density at radius 2 is 2.00 bits per heavy atom. The maximum absolute atomic E-state index is 13.1. The second kappa shape index (κ2) is 5.40. The Balaban J connectivity index is 2.31. The molecule has 19 heavy (non-hydrogen) atoms. The maximum atomic E-state index is 13.1. The molecule has 2 aromatic rings. The van der Waals surface area contributed by atoms with Crippen molar-refractivity contribution < 1.29 is 13.9 Å². The zero-order valence-electron chi connectivity index (χ0n) is 10.1. The monoisotopic (exact) mass is 323 g/mol. The van der Waals surface area contributed by atoms with Crippen LogP contribution in [0.4, 0.5) is 10.1 Å². The summed E-state index contributed by atoms with van der Waals surface area (Å²) in [5.41, 5.74) is 6.52.